The van der Waals surface area contributed by atoms with Crippen molar-refractivity contribution in [3.05, 3.63) is 97.1 Å². The molecular formula is C31H27BIrNSi2-. The zero-order valence-electron chi connectivity index (χ0n) is 21.0. The van der Waals surface area contributed by atoms with Crippen molar-refractivity contribution in [3.63, 3.8) is 0 Å². The zero-order valence-corrected chi connectivity index (χ0v) is 25.4. The van der Waals surface area contributed by atoms with E-state index >= 15 is 0 Å². The van der Waals surface area contributed by atoms with Crippen LogP contribution in [-0.4, -0.2) is 27.8 Å². The topological polar surface area (TPSA) is 12.9 Å². The molecule has 1 aromatic heterocycles. The molecule has 0 saturated carbocycles. The molecule has 2 aliphatic heterocycles. The number of hydrogen-bond donors (Lipinski definition) is 0. The first-order valence-corrected chi connectivity index (χ1v) is 18.5. The number of benzene rings is 4. The van der Waals surface area contributed by atoms with Gasteiger partial charge in [-0.2, -0.15) is 0 Å². The van der Waals surface area contributed by atoms with Crippen LogP contribution in [0.5, 0.6) is 0 Å². The molecule has 1 nitrogen and oxygen atoms in total. The van der Waals surface area contributed by atoms with E-state index in [1.165, 1.54) is 21.5 Å². The molecule has 0 unspecified atom stereocenters. The number of nitrogens with zero attached hydrogens (tertiary/aromatic N) is 1. The van der Waals surface area contributed by atoms with Crippen LogP contribution < -0.4 is 37.1 Å². The minimum absolute atomic E-state index is 0. The van der Waals surface area contributed by atoms with Gasteiger partial charge in [0.2, 0.25) is 0 Å². The van der Waals surface area contributed by atoms with E-state index in [9.17, 15) is 0 Å². The van der Waals surface area contributed by atoms with Crippen LogP contribution in [0.4, 0.5) is 0 Å². The number of para-hydroxylation sites is 1. The Morgan fingerprint density at radius 3 is 2.00 bits per heavy atom. The maximum Gasteiger partial charge on any atom is 0.190 e. The van der Waals surface area contributed by atoms with Crippen molar-refractivity contribution >= 4 is 70.9 Å². The smallest absolute Gasteiger partial charge is 0.190 e. The van der Waals surface area contributed by atoms with Crippen molar-refractivity contribution in [1.29, 1.82) is 0 Å². The average molecular weight is 673 g/mol. The van der Waals surface area contributed by atoms with E-state index in [4.69, 9.17) is 4.98 Å². The van der Waals surface area contributed by atoms with Crippen molar-refractivity contribution in [2.45, 2.75) is 26.2 Å². The summed E-state index contributed by atoms with van der Waals surface area (Å²) in [4.78, 5) is 5.09. The van der Waals surface area contributed by atoms with Gasteiger partial charge in [0.05, 0.1) is 21.7 Å². The van der Waals surface area contributed by atoms with Gasteiger partial charge in [-0.15, -0.1) is 33.5 Å². The van der Waals surface area contributed by atoms with E-state index in [1.807, 2.05) is 0 Å². The minimum atomic E-state index is -1.95. The van der Waals surface area contributed by atoms with Crippen LogP contribution in [-0.2, 0) is 20.1 Å². The van der Waals surface area contributed by atoms with E-state index in [-0.39, 0.29) is 20.1 Å². The molecule has 7 rings (SSSR count). The number of aromatic nitrogens is 1. The van der Waals surface area contributed by atoms with Crippen molar-refractivity contribution in [3.8, 4) is 11.3 Å². The summed E-state index contributed by atoms with van der Waals surface area (Å²) in [5, 5.41) is 7.37. The number of pyridine rings is 1. The van der Waals surface area contributed by atoms with E-state index in [1.54, 1.807) is 21.0 Å². The number of fused-ring (bicyclic) bond motifs is 5. The molecule has 0 spiro atoms. The van der Waals surface area contributed by atoms with E-state index in [0.29, 0.717) is 6.71 Å². The maximum atomic E-state index is 5.09. The zero-order chi connectivity index (χ0) is 23.9. The summed E-state index contributed by atoms with van der Waals surface area (Å²) in [6.45, 7) is 10.4. The molecule has 5 heteroatoms. The van der Waals surface area contributed by atoms with Gasteiger partial charge >= 0.3 is 0 Å². The molecule has 5 aromatic rings. The van der Waals surface area contributed by atoms with Gasteiger partial charge in [-0.25, -0.2) is 0 Å². The predicted octanol–water partition coefficient (Wildman–Crippen LogP) is 2.49. The second-order valence-corrected chi connectivity index (χ2v) is 19.7. The summed E-state index contributed by atoms with van der Waals surface area (Å²) >= 11 is 0. The van der Waals surface area contributed by atoms with E-state index in [0.717, 1.165) is 16.8 Å². The summed E-state index contributed by atoms with van der Waals surface area (Å²) in [7, 11) is -3.86. The predicted molar refractivity (Wildman–Crippen MR) is 157 cm³/mol. The fraction of sp³-hybridized carbons (Fsp3) is 0.129. The van der Waals surface area contributed by atoms with Crippen molar-refractivity contribution in [2.75, 3.05) is 0 Å². The van der Waals surface area contributed by atoms with Gasteiger partial charge in [-0.3, -0.25) is 4.98 Å². The van der Waals surface area contributed by atoms with Gasteiger partial charge in [0, 0.05) is 20.1 Å². The van der Waals surface area contributed by atoms with Crippen LogP contribution in [0.25, 0.3) is 22.2 Å². The molecule has 0 fully saturated rings. The van der Waals surface area contributed by atoms with Crippen molar-refractivity contribution in [2.24, 2.45) is 0 Å². The molecule has 0 N–H and O–H groups in total. The molecule has 4 aromatic carbocycles. The minimum Gasteiger partial charge on any atom is -0.296 e. The van der Waals surface area contributed by atoms with Crippen LogP contribution in [0.3, 0.4) is 0 Å². The summed E-state index contributed by atoms with van der Waals surface area (Å²) in [5.74, 6) is 0. The first-order valence-electron chi connectivity index (χ1n) is 12.5. The Morgan fingerprint density at radius 2 is 1.28 bits per heavy atom. The Morgan fingerprint density at radius 1 is 0.667 bits per heavy atom. The third-order valence-electron chi connectivity index (χ3n) is 8.46. The molecule has 0 atom stereocenters. The SMILES string of the molecule is C[Si]1(C)c2[c-]c(-c3ccc4ccccc4n3)cc3c2B(c2ccccc21)c1ccccc1[Si]3(C)C.[Ir]. The van der Waals surface area contributed by atoms with Crippen LogP contribution in [0, 0.1) is 6.07 Å². The van der Waals surface area contributed by atoms with Gasteiger partial charge in [0.1, 0.15) is 0 Å². The fourth-order valence-electron chi connectivity index (χ4n) is 6.65. The van der Waals surface area contributed by atoms with Crippen LogP contribution in [0.1, 0.15) is 0 Å². The molecule has 2 aliphatic rings. The van der Waals surface area contributed by atoms with Gasteiger partial charge in [0.15, 0.2) is 6.71 Å². The van der Waals surface area contributed by atoms with Gasteiger partial charge < -0.3 is 0 Å². The largest absolute Gasteiger partial charge is 0.296 e. The fourth-order valence-corrected chi connectivity index (χ4v) is 13.1. The molecule has 1 radical (unpaired) electrons. The number of rotatable bonds is 1. The van der Waals surface area contributed by atoms with Crippen molar-refractivity contribution in [1.82, 2.24) is 4.98 Å². The van der Waals surface area contributed by atoms with Crippen LogP contribution >= 0.6 is 0 Å². The molecule has 36 heavy (non-hydrogen) atoms. The van der Waals surface area contributed by atoms with Crippen molar-refractivity contribution < 1.29 is 20.1 Å². The van der Waals surface area contributed by atoms with Crippen LogP contribution in [0.2, 0.25) is 26.2 Å². The average Bonchev–Trinajstić information content (AvgIpc) is 2.88. The molecule has 0 bridgehead atoms. The standard InChI is InChI=1S/C31H27BNSi2.Ir/c1-34(2)27-15-9-6-12-23(27)32-24-13-7-10-16-28(24)35(3,4)30-20-22(19-29(34)31(30)32)26-18-17-21-11-5-8-14-25(21)33-26;/h5-19H,1-4H3;/q-1;. The van der Waals surface area contributed by atoms with Crippen LogP contribution in [0.15, 0.2) is 91.0 Å². The Labute approximate surface area is 229 Å². The Bertz CT molecular complexity index is 1600. The van der Waals surface area contributed by atoms with E-state index in [2.05, 4.69) is 123 Å². The Hall–Kier alpha value is -2.56. The summed E-state index contributed by atoms with van der Waals surface area (Å²) < 4.78 is 0. The quantitative estimate of drug-likeness (QED) is 0.197. The van der Waals surface area contributed by atoms with E-state index < -0.39 is 16.1 Å². The maximum absolute atomic E-state index is 5.09. The van der Waals surface area contributed by atoms with Gasteiger partial charge in [-0.05, 0) is 17.1 Å². The molecule has 0 amide bonds. The summed E-state index contributed by atoms with van der Waals surface area (Å²) in [6.07, 6.45) is 0. The molecule has 3 heterocycles. The molecule has 0 aliphatic carbocycles. The monoisotopic (exact) mass is 673 g/mol. The first kappa shape index (κ1) is 23.8. The molecule has 177 valence electrons. The van der Waals surface area contributed by atoms with Gasteiger partial charge in [-0.1, -0.05) is 126 Å². The third-order valence-corrected chi connectivity index (χ3v) is 15.5. The third kappa shape index (κ3) is 3.20. The second-order valence-electron chi connectivity index (χ2n) is 11.1. The summed E-state index contributed by atoms with van der Waals surface area (Å²) in [5.41, 5.74) is 7.83. The van der Waals surface area contributed by atoms with Gasteiger partial charge in [0.25, 0.3) is 0 Å². The Kier molecular flexibility index (Phi) is 5.44. The number of hydrogen-bond acceptors (Lipinski definition) is 1. The first-order chi connectivity index (χ1) is 16.9. The summed E-state index contributed by atoms with van der Waals surface area (Å²) in [6, 6.07) is 37.7. The molecule has 0 saturated heterocycles. The Balaban J connectivity index is 0.00000240. The molecular weight excluding hydrogens is 646 g/mol. The second kappa shape index (κ2) is 8.22. The normalized spacial score (nSPS) is 15.9.